The van der Waals surface area contributed by atoms with Crippen LogP contribution in [0.4, 0.5) is 51.2 Å². The zero-order valence-corrected chi connectivity index (χ0v) is 74.4. The summed E-state index contributed by atoms with van der Waals surface area (Å²) in [4.78, 5) is 7.55. The largest absolute Gasteiger partial charge is 0.456 e. The van der Waals surface area contributed by atoms with E-state index >= 15 is 0 Å². The first-order valence-electron chi connectivity index (χ1n) is 47.1. The molecule has 5 aliphatic carbocycles. The molecule has 0 unspecified atom stereocenters. The lowest BCUT2D eigenvalue weighted by Gasteiger charge is -2.36. The number of para-hydroxylation sites is 6. The zero-order chi connectivity index (χ0) is 88.9. The average molecular weight is 1720 g/mol. The molecule has 0 bridgehead atoms. The number of nitrogens with zero attached hydrogens (tertiary/aromatic N) is 3. The van der Waals surface area contributed by atoms with Gasteiger partial charge in [0.05, 0.1) is 39.3 Å². The number of anilines is 9. The number of hydrogen-bond donors (Lipinski definition) is 0. The van der Waals surface area contributed by atoms with E-state index in [0.29, 0.717) is 0 Å². The lowest BCUT2D eigenvalue weighted by Crippen LogP contribution is -2.29. The smallest absolute Gasteiger partial charge is 0.135 e. The molecule has 4 heteroatoms. The highest BCUT2D eigenvalue weighted by Crippen LogP contribution is 2.68. The lowest BCUT2D eigenvalue weighted by atomic mass is 9.66. The minimum Gasteiger partial charge on any atom is -0.456 e. The molecule has 0 amide bonds. The number of hydrogen-bond acceptors (Lipinski definition) is 4. The van der Waals surface area contributed by atoms with E-state index in [0.717, 1.165) is 84.9 Å². The van der Waals surface area contributed by atoms with Crippen LogP contribution in [-0.4, -0.2) is 0 Å². The molecule has 3 heterocycles. The number of fused-ring (bicyclic) bond motifs is 42. The number of benzene rings is 21. The van der Waals surface area contributed by atoms with E-state index in [9.17, 15) is 0 Å². The van der Waals surface area contributed by atoms with Crippen LogP contribution in [0, 0.1) is 0 Å². The van der Waals surface area contributed by atoms with Gasteiger partial charge < -0.3 is 19.4 Å². The van der Waals surface area contributed by atoms with Gasteiger partial charge in [0.1, 0.15) is 11.5 Å². The molecule has 4 nitrogen and oxygen atoms in total. The second kappa shape index (κ2) is 29.4. The molecule has 0 saturated heterocycles. The Kier molecular flexibility index (Phi) is 16.7. The molecule has 2 spiro atoms. The van der Waals surface area contributed by atoms with Crippen molar-refractivity contribution in [2.75, 3.05) is 14.7 Å². The van der Waals surface area contributed by atoms with Gasteiger partial charge in [0.15, 0.2) is 0 Å². The second-order valence-corrected chi connectivity index (χ2v) is 37.4. The van der Waals surface area contributed by atoms with Crippen LogP contribution in [0.15, 0.2) is 479 Å². The van der Waals surface area contributed by atoms with Crippen LogP contribution in [0.5, 0.6) is 11.5 Å². The quantitative estimate of drug-likeness (QED) is 0.171. The molecular weight excluding hydrogens is 1630 g/mol. The standard InChI is InChI=1S/C67H42N2.C64H43NO/c1-2-20-46-45(19-1)51-25-7-13-31-59(51)67(60-32-14-8-26-52(46)60)61-39-37-43(68-63-33-15-9-27-53(63)47-21-3-4-22-48(47)54-28-10-16-34-64(54)68)41-57(61)58-42-44(38-40-62(58)67)69-65-35-17-11-29-55(65)49-23-5-6-24-50(49)56-30-12-18-36-66(56)69;1-63(2)53-26-11-5-22-47(53)48-37-35-41(39-58(48)63)65(40-34-36-44-49-23-9-15-32-60(49)66-61-33-16-10-24-50(61)52(44)38-40)59-31-17-30-57-62(59)51-25-8-14-29-56(51)64(57)54-27-12-6-20-45(54)42-18-3-4-19-43(42)46-21-7-13-28-55(46)64/h1-42H;3-39H,1-2H3. The second-order valence-electron chi connectivity index (χ2n) is 37.4. The minimum atomic E-state index is -0.635. The van der Waals surface area contributed by atoms with Gasteiger partial charge in [-0.3, -0.25) is 0 Å². The Hall–Kier alpha value is -17.2. The maximum Gasteiger partial charge on any atom is 0.135 e. The van der Waals surface area contributed by atoms with E-state index in [1.807, 2.05) is 0 Å². The fourth-order valence-electron chi connectivity index (χ4n) is 25.0. The van der Waals surface area contributed by atoms with E-state index in [2.05, 4.69) is 508 Å². The molecule has 0 atom stereocenters. The van der Waals surface area contributed by atoms with E-state index in [1.165, 1.54) is 178 Å². The third-order valence-electron chi connectivity index (χ3n) is 30.5. The Labute approximate surface area is 786 Å². The first kappa shape index (κ1) is 76.7. The van der Waals surface area contributed by atoms with Crippen molar-refractivity contribution < 1.29 is 4.74 Å². The van der Waals surface area contributed by atoms with Gasteiger partial charge >= 0.3 is 0 Å². The maximum atomic E-state index is 6.70. The summed E-state index contributed by atoms with van der Waals surface area (Å²) in [6.45, 7) is 4.75. The summed E-state index contributed by atoms with van der Waals surface area (Å²) >= 11 is 0. The highest BCUT2D eigenvalue weighted by atomic mass is 16.5. The molecule has 29 rings (SSSR count). The van der Waals surface area contributed by atoms with Crippen molar-refractivity contribution in [2.24, 2.45) is 0 Å². The Bertz CT molecular complexity index is 8180. The van der Waals surface area contributed by atoms with Gasteiger partial charge in [-0.15, -0.1) is 0 Å². The molecular formula is C131H85N3O. The zero-order valence-electron chi connectivity index (χ0n) is 74.4. The molecule has 21 aromatic carbocycles. The van der Waals surface area contributed by atoms with E-state index < -0.39 is 10.8 Å². The van der Waals surface area contributed by atoms with Crippen molar-refractivity contribution in [3.05, 3.63) is 535 Å². The molecule has 630 valence electrons. The molecule has 0 saturated carbocycles. The minimum absolute atomic E-state index is 0.181. The highest BCUT2D eigenvalue weighted by molar-refractivity contribution is 6.09. The van der Waals surface area contributed by atoms with Crippen molar-refractivity contribution in [1.29, 1.82) is 0 Å². The van der Waals surface area contributed by atoms with Gasteiger partial charge in [-0.2, -0.15) is 0 Å². The van der Waals surface area contributed by atoms with Crippen LogP contribution in [0.25, 0.3) is 145 Å². The lowest BCUT2D eigenvalue weighted by molar-refractivity contribution is 0.488. The summed E-state index contributed by atoms with van der Waals surface area (Å²) in [5.41, 5.74) is 53.8. The predicted octanol–water partition coefficient (Wildman–Crippen LogP) is 34.8. The van der Waals surface area contributed by atoms with Crippen LogP contribution in [-0.2, 0) is 16.2 Å². The average Bonchev–Trinajstić information content (AvgIpc) is 1.52. The van der Waals surface area contributed by atoms with Crippen LogP contribution in [0.3, 0.4) is 0 Å². The van der Waals surface area contributed by atoms with Crippen LogP contribution >= 0.6 is 0 Å². The fourth-order valence-corrected chi connectivity index (χ4v) is 25.0. The third kappa shape index (κ3) is 10.8. The number of rotatable bonds is 5. The summed E-state index contributed by atoms with van der Waals surface area (Å²) < 4.78 is 6.70. The molecule has 0 N–H and O–H groups in total. The summed E-state index contributed by atoms with van der Waals surface area (Å²) in [5.74, 6) is 1.72. The Balaban J connectivity index is 0.000000134. The van der Waals surface area contributed by atoms with Gasteiger partial charge in [-0.1, -0.05) is 402 Å². The van der Waals surface area contributed by atoms with Crippen molar-refractivity contribution in [1.82, 2.24) is 0 Å². The Morgan fingerprint density at radius 3 is 0.852 bits per heavy atom. The SMILES string of the molecule is CC1(C)c2ccccc2-c2ccc(N(c3ccc4c(c3)-c3ccccc3Oc3ccccc3-4)c3cccc4c3-c3ccccc3C43c4ccccc4-c4ccccc4-c4ccccc43)cc21.c1ccc2c(c1)-c1ccccc1N(c1ccc3c(c1)-c1cc(N4c5ccccc5-c5ccccc5-c5ccccc54)ccc1C31c3ccccc3-c3ccccc3-c3ccccc31)c1ccccc1-2. The monoisotopic (exact) mass is 1720 g/mol. The molecule has 21 aromatic rings. The summed E-state index contributed by atoms with van der Waals surface area (Å²) in [5, 5.41) is 0. The van der Waals surface area contributed by atoms with Crippen molar-refractivity contribution in [2.45, 2.75) is 30.1 Å². The predicted molar refractivity (Wildman–Crippen MR) is 558 cm³/mol. The normalized spacial score (nSPS) is 13.9. The first-order valence-corrected chi connectivity index (χ1v) is 47.1. The van der Waals surface area contributed by atoms with Gasteiger partial charge in [0, 0.05) is 67.1 Å². The van der Waals surface area contributed by atoms with Crippen molar-refractivity contribution >= 4 is 51.2 Å². The molecule has 3 aliphatic heterocycles. The van der Waals surface area contributed by atoms with Crippen molar-refractivity contribution in [3.8, 4) is 156 Å². The topological polar surface area (TPSA) is 19.0 Å². The Morgan fingerprint density at radius 1 is 0.178 bits per heavy atom. The first-order chi connectivity index (χ1) is 66.8. The maximum absolute atomic E-state index is 6.70. The summed E-state index contributed by atoms with van der Waals surface area (Å²) in [6.07, 6.45) is 0. The summed E-state index contributed by atoms with van der Waals surface area (Å²) in [7, 11) is 0. The third-order valence-corrected chi connectivity index (χ3v) is 30.5. The van der Waals surface area contributed by atoms with Gasteiger partial charge in [0.2, 0.25) is 0 Å². The molecule has 0 aromatic heterocycles. The molecule has 135 heavy (non-hydrogen) atoms. The molecule has 8 aliphatic rings. The number of ether oxygens (including phenoxy) is 1. The van der Waals surface area contributed by atoms with Gasteiger partial charge in [-0.25, -0.2) is 0 Å². The Morgan fingerprint density at radius 2 is 0.444 bits per heavy atom. The highest BCUT2D eigenvalue weighted by Gasteiger charge is 2.53. The fraction of sp³-hybridized carbons (Fsp3) is 0.0382. The van der Waals surface area contributed by atoms with Gasteiger partial charge in [-0.05, 0) is 252 Å². The van der Waals surface area contributed by atoms with Crippen LogP contribution < -0.4 is 19.4 Å². The van der Waals surface area contributed by atoms with Crippen molar-refractivity contribution in [3.63, 3.8) is 0 Å². The summed E-state index contributed by atoms with van der Waals surface area (Å²) in [6, 6.07) is 179. The van der Waals surface area contributed by atoms with Crippen LogP contribution in [0.2, 0.25) is 0 Å². The van der Waals surface area contributed by atoms with E-state index in [1.54, 1.807) is 0 Å². The molecule has 0 radical (unpaired) electrons. The van der Waals surface area contributed by atoms with Crippen LogP contribution in [0.1, 0.15) is 69.5 Å². The molecule has 0 fully saturated rings. The van der Waals surface area contributed by atoms with E-state index in [4.69, 9.17) is 4.74 Å². The van der Waals surface area contributed by atoms with Gasteiger partial charge in [0.25, 0.3) is 0 Å². The van der Waals surface area contributed by atoms with E-state index in [-0.39, 0.29) is 5.41 Å².